The highest BCUT2D eigenvalue weighted by Crippen LogP contribution is 2.29. The van der Waals surface area contributed by atoms with Crippen LogP contribution in [0, 0.1) is 6.07 Å². The topological polar surface area (TPSA) is 9.23 Å². The van der Waals surface area contributed by atoms with Crippen molar-refractivity contribution in [2.75, 3.05) is 7.11 Å². The van der Waals surface area contributed by atoms with Gasteiger partial charge in [0.25, 0.3) is 0 Å². The van der Waals surface area contributed by atoms with E-state index in [2.05, 4.69) is 6.07 Å². The molecule has 0 aliphatic carbocycles. The third kappa shape index (κ3) is 2.73. The molecular weight excluding hydrogens is 181 g/mol. The van der Waals surface area contributed by atoms with Crippen LogP contribution in [0.1, 0.15) is 11.1 Å². The Morgan fingerprint density at radius 3 is 2.69 bits per heavy atom. The van der Waals surface area contributed by atoms with Crippen LogP contribution in [0.15, 0.2) is 18.2 Å². The van der Waals surface area contributed by atoms with E-state index in [0.29, 0.717) is 5.56 Å². The van der Waals surface area contributed by atoms with Crippen molar-refractivity contribution in [1.82, 2.24) is 0 Å². The van der Waals surface area contributed by atoms with E-state index in [1.165, 1.54) is 13.2 Å². The first kappa shape index (κ1) is 10.1. The fourth-order valence-electron chi connectivity index (χ4n) is 0.931. The summed E-state index contributed by atoms with van der Waals surface area (Å²) in [6, 6.07) is 5.92. The van der Waals surface area contributed by atoms with Crippen LogP contribution in [-0.2, 0) is 17.5 Å². The highest BCUT2D eigenvalue weighted by molar-refractivity contribution is 5.24. The lowest BCUT2D eigenvalue weighted by molar-refractivity contribution is -0.137. The van der Waals surface area contributed by atoms with E-state index in [-0.39, 0.29) is 6.61 Å². The molecule has 0 bridgehead atoms. The Hall–Kier alpha value is -1.03. The minimum absolute atomic E-state index is 0.143. The molecule has 0 spiro atoms. The Kier molecular flexibility index (Phi) is 2.93. The third-order valence-corrected chi connectivity index (χ3v) is 1.49. The van der Waals surface area contributed by atoms with Gasteiger partial charge in [-0.15, -0.1) is 0 Å². The molecule has 1 rings (SSSR count). The second-order valence-electron chi connectivity index (χ2n) is 2.53. The fraction of sp³-hybridized carbons (Fsp3) is 0.333. The minimum atomic E-state index is -4.29. The molecular formula is C9H8F3O. The molecule has 1 radical (unpaired) electrons. The van der Waals surface area contributed by atoms with Crippen molar-refractivity contribution in [1.29, 1.82) is 0 Å². The van der Waals surface area contributed by atoms with E-state index < -0.39 is 11.7 Å². The summed E-state index contributed by atoms with van der Waals surface area (Å²) in [5, 5.41) is 0. The number of hydrogen-bond acceptors (Lipinski definition) is 1. The molecule has 0 amide bonds. The SMILES string of the molecule is COCc1[c]ccc(C(F)(F)F)c1. The Bertz CT molecular complexity index is 280. The van der Waals surface area contributed by atoms with Crippen molar-refractivity contribution >= 4 is 0 Å². The van der Waals surface area contributed by atoms with E-state index in [0.717, 1.165) is 12.1 Å². The van der Waals surface area contributed by atoms with Gasteiger partial charge in [-0.3, -0.25) is 0 Å². The zero-order valence-electron chi connectivity index (χ0n) is 6.98. The molecule has 0 saturated heterocycles. The monoisotopic (exact) mass is 189 g/mol. The van der Waals surface area contributed by atoms with Gasteiger partial charge < -0.3 is 4.74 Å². The third-order valence-electron chi connectivity index (χ3n) is 1.49. The zero-order valence-corrected chi connectivity index (χ0v) is 6.98. The number of hydrogen-bond donors (Lipinski definition) is 0. The highest BCUT2D eigenvalue weighted by atomic mass is 19.4. The van der Waals surface area contributed by atoms with Gasteiger partial charge in [0.1, 0.15) is 0 Å². The van der Waals surface area contributed by atoms with Crippen LogP contribution in [0.2, 0.25) is 0 Å². The number of rotatable bonds is 2. The van der Waals surface area contributed by atoms with Crippen molar-refractivity contribution in [2.24, 2.45) is 0 Å². The van der Waals surface area contributed by atoms with Crippen molar-refractivity contribution < 1.29 is 17.9 Å². The van der Waals surface area contributed by atoms with Crippen LogP contribution >= 0.6 is 0 Å². The lowest BCUT2D eigenvalue weighted by Gasteiger charge is -2.07. The van der Waals surface area contributed by atoms with E-state index in [1.54, 1.807) is 0 Å². The maximum Gasteiger partial charge on any atom is 0.416 e. The molecule has 0 unspecified atom stereocenters. The number of ether oxygens (including phenoxy) is 1. The van der Waals surface area contributed by atoms with Gasteiger partial charge in [-0.25, -0.2) is 0 Å². The molecule has 0 aromatic heterocycles. The average molecular weight is 189 g/mol. The molecule has 0 fully saturated rings. The van der Waals surface area contributed by atoms with Gasteiger partial charge in [-0.05, 0) is 23.8 Å². The quantitative estimate of drug-likeness (QED) is 0.694. The zero-order chi connectivity index (χ0) is 9.90. The lowest BCUT2D eigenvalue weighted by atomic mass is 10.1. The molecule has 0 aliphatic heterocycles. The van der Waals surface area contributed by atoms with Gasteiger partial charge in [0.2, 0.25) is 0 Å². The van der Waals surface area contributed by atoms with Crippen molar-refractivity contribution in [3.63, 3.8) is 0 Å². The molecule has 1 aromatic carbocycles. The van der Waals surface area contributed by atoms with Gasteiger partial charge in [-0.1, -0.05) is 6.07 Å². The van der Waals surface area contributed by atoms with Crippen LogP contribution in [0.25, 0.3) is 0 Å². The smallest absolute Gasteiger partial charge is 0.380 e. The van der Waals surface area contributed by atoms with Gasteiger partial charge in [0.05, 0.1) is 12.2 Å². The van der Waals surface area contributed by atoms with Crippen LogP contribution in [0.4, 0.5) is 13.2 Å². The number of halogens is 3. The summed E-state index contributed by atoms with van der Waals surface area (Å²) >= 11 is 0. The molecule has 0 saturated carbocycles. The first-order chi connectivity index (χ1) is 6.04. The number of alkyl halides is 3. The average Bonchev–Trinajstić information content (AvgIpc) is 2.04. The van der Waals surface area contributed by atoms with Crippen LogP contribution in [0.3, 0.4) is 0 Å². The molecule has 0 N–H and O–H groups in total. The molecule has 1 nitrogen and oxygen atoms in total. The van der Waals surface area contributed by atoms with E-state index in [4.69, 9.17) is 4.74 Å². The van der Waals surface area contributed by atoms with Crippen LogP contribution in [-0.4, -0.2) is 7.11 Å². The lowest BCUT2D eigenvalue weighted by Crippen LogP contribution is -2.05. The van der Waals surface area contributed by atoms with Crippen molar-refractivity contribution in [3.05, 3.63) is 35.4 Å². The predicted octanol–water partition coefficient (Wildman–Crippen LogP) is 2.65. The van der Waals surface area contributed by atoms with Gasteiger partial charge in [0.15, 0.2) is 0 Å². The molecule has 1 aromatic rings. The molecule has 0 heterocycles. The van der Waals surface area contributed by atoms with Gasteiger partial charge in [0, 0.05) is 7.11 Å². The number of benzene rings is 1. The van der Waals surface area contributed by atoms with Gasteiger partial charge in [-0.2, -0.15) is 13.2 Å². The van der Waals surface area contributed by atoms with E-state index >= 15 is 0 Å². The molecule has 4 heteroatoms. The maximum atomic E-state index is 12.2. The first-order valence-electron chi connectivity index (χ1n) is 3.61. The van der Waals surface area contributed by atoms with Crippen molar-refractivity contribution in [2.45, 2.75) is 12.8 Å². The van der Waals surface area contributed by atoms with Gasteiger partial charge >= 0.3 is 6.18 Å². The summed E-state index contributed by atoms with van der Waals surface area (Å²) in [7, 11) is 1.42. The highest BCUT2D eigenvalue weighted by Gasteiger charge is 2.30. The molecule has 71 valence electrons. The number of methoxy groups -OCH3 is 1. The largest absolute Gasteiger partial charge is 0.416 e. The Labute approximate surface area is 74.1 Å². The Morgan fingerprint density at radius 2 is 2.15 bits per heavy atom. The first-order valence-corrected chi connectivity index (χ1v) is 3.61. The molecule has 0 atom stereocenters. The Balaban J connectivity index is 2.92. The molecule has 0 aliphatic rings. The summed E-state index contributed by atoms with van der Waals surface area (Å²) in [5.41, 5.74) is -0.268. The summed E-state index contributed by atoms with van der Waals surface area (Å²) in [6.07, 6.45) is -4.29. The Morgan fingerprint density at radius 1 is 1.46 bits per heavy atom. The summed E-state index contributed by atoms with van der Waals surface area (Å²) in [5.74, 6) is 0. The second-order valence-corrected chi connectivity index (χ2v) is 2.53. The van der Waals surface area contributed by atoms with E-state index in [9.17, 15) is 13.2 Å². The standard InChI is InChI=1S/C9H8F3O/c1-13-6-7-3-2-4-8(5-7)9(10,11)12/h2,4-5H,6H2,1H3. The van der Waals surface area contributed by atoms with E-state index in [1.807, 2.05) is 0 Å². The molecule has 13 heavy (non-hydrogen) atoms. The normalized spacial score (nSPS) is 11.7. The van der Waals surface area contributed by atoms with Crippen molar-refractivity contribution in [3.8, 4) is 0 Å². The minimum Gasteiger partial charge on any atom is -0.380 e. The predicted molar refractivity (Wildman–Crippen MR) is 41.0 cm³/mol. The second kappa shape index (κ2) is 3.79. The summed E-state index contributed by atoms with van der Waals surface area (Å²) in [6.45, 7) is 0.143. The van der Waals surface area contributed by atoms with Crippen LogP contribution < -0.4 is 0 Å². The van der Waals surface area contributed by atoms with Crippen LogP contribution in [0.5, 0.6) is 0 Å². The summed E-state index contributed by atoms with van der Waals surface area (Å²) < 4.78 is 41.2. The summed E-state index contributed by atoms with van der Waals surface area (Å²) in [4.78, 5) is 0. The fourth-order valence-corrected chi connectivity index (χ4v) is 0.931. The maximum absolute atomic E-state index is 12.2.